The molecule has 1 fully saturated rings. The quantitative estimate of drug-likeness (QED) is 0.817. The van der Waals surface area contributed by atoms with E-state index >= 15 is 0 Å². The minimum absolute atomic E-state index is 0.0183. The number of amides is 1. The molecule has 6 nitrogen and oxygen atoms in total. The zero-order valence-corrected chi connectivity index (χ0v) is 12.8. The van der Waals surface area contributed by atoms with Gasteiger partial charge in [-0.3, -0.25) is 4.79 Å². The lowest BCUT2D eigenvalue weighted by atomic mass is 10.2. The molecule has 0 heterocycles. The number of hydrogen-bond donors (Lipinski definition) is 1. The first-order chi connectivity index (χ1) is 9.34. The molecule has 0 unspecified atom stereocenters. The molecular formula is C12H12BrN3O3S. The smallest absolute Gasteiger partial charge is 0.256 e. The maximum Gasteiger partial charge on any atom is 0.256 e. The van der Waals surface area contributed by atoms with Gasteiger partial charge >= 0.3 is 0 Å². The molecule has 0 spiro atoms. The lowest BCUT2D eigenvalue weighted by Gasteiger charge is -2.20. The van der Waals surface area contributed by atoms with Crippen molar-refractivity contribution in [2.75, 3.05) is 6.54 Å². The normalized spacial score (nSPS) is 14.7. The molecule has 1 saturated carbocycles. The van der Waals surface area contributed by atoms with Crippen molar-refractivity contribution in [1.82, 2.24) is 4.90 Å². The number of primary sulfonamides is 1. The van der Waals surface area contributed by atoms with Crippen molar-refractivity contribution in [3.63, 3.8) is 0 Å². The Morgan fingerprint density at radius 1 is 1.50 bits per heavy atom. The van der Waals surface area contributed by atoms with E-state index in [-0.39, 0.29) is 29.0 Å². The standard InChI is InChI=1S/C12H12BrN3O3S/c13-11-4-3-9(20(15,18)19)7-10(11)12(17)16(6-5-14)8-1-2-8/h3-4,7-8H,1-2,6H2,(H2,15,18,19). The minimum atomic E-state index is -3.87. The van der Waals surface area contributed by atoms with Crippen LogP contribution in [0.1, 0.15) is 23.2 Å². The third kappa shape index (κ3) is 3.17. The van der Waals surface area contributed by atoms with Crippen LogP contribution in [0.3, 0.4) is 0 Å². The van der Waals surface area contributed by atoms with Gasteiger partial charge in [0.2, 0.25) is 10.0 Å². The van der Waals surface area contributed by atoms with E-state index in [1.807, 2.05) is 6.07 Å². The second kappa shape index (κ2) is 5.52. The molecule has 0 bridgehead atoms. The van der Waals surface area contributed by atoms with Gasteiger partial charge in [0.1, 0.15) is 6.54 Å². The van der Waals surface area contributed by atoms with E-state index in [1.165, 1.54) is 23.1 Å². The summed E-state index contributed by atoms with van der Waals surface area (Å²) in [5.74, 6) is -0.369. The van der Waals surface area contributed by atoms with Crippen LogP contribution in [0, 0.1) is 11.3 Å². The SMILES string of the molecule is N#CCN(C(=O)c1cc(S(N)(=O)=O)ccc1Br)C1CC1. The van der Waals surface area contributed by atoms with Gasteiger partial charge in [0.05, 0.1) is 16.5 Å². The second-order valence-corrected chi connectivity index (χ2v) is 6.92. The molecule has 1 amide bonds. The molecule has 1 aromatic carbocycles. The van der Waals surface area contributed by atoms with Crippen molar-refractivity contribution in [2.45, 2.75) is 23.8 Å². The highest BCUT2D eigenvalue weighted by Crippen LogP contribution is 2.30. The van der Waals surface area contributed by atoms with Crippen LogP contribution in [0.5, 0.6) is 0 Å². The van der Waals surface area contributed by atoms with Gasteiger partial charge in [0, 0.05) is 10.5 Å². The van der Waals surface area contributed by atoms with E-state index in [9.17, 15) is 13.2 Å². The van der Waals surface area contributed by atoms with E-state index in [0.717, 1.165) is 12.8 Å². The third-order valence-corrected chi connectivity index (χ3v) is 4.59. The molecule has 0 atom stereocenters. The molecule has 8 heteroatoms. The van der Waals surface area contributed by atoms with Gasteiger partial charge in [-0.05, 0) is 47.0 Å². The van der Waals surface area contributed by atoms with Gasteiger partial charge in [0.15, 0.2) is 0 Å². The minimum Gasteiger partial charge on any atom is -0.322 e. The zero-order valence-electron chi connectivity index (χ0n) is 10.4. The molecule has 2 N–H and O–H groups in total. The fraction of sp³-hybridized carbons (Fsp3) is 0.333. The summed E-state index contributed by atoms with van der Waals surface area (Å²) in [6.07, 6.45) is 1.72. The molecule has 2 rings (SSSR count). The predicted molar refractivity (Wildman–Crippen MR) is 75.2 cm³/mol. The summed E-state index contributed by atoms with van der Waals surface area (Å²) in [4.78, 5) is 13.7. The van der Waals surface area contributed by atoms with Crippen LogP contribution >= 0.6 is 15.9 Å². The molecule has 0 saturated heterocycles. The number of carbonyl (C=O) groups is 1. The Balaban J connectivity index is 2.40. The first-order valence-electron chi connectivity index (χ1n) is 5.85. The molecule has 0 aliphatic heterocycles. The number of nitriles is 1. The topological polar surface area (TPSA) is 104 Å². The molecule has 0 radical (unpaired) electrons. The van der Waals surface area contributed by atoms with E-state index in [1.54, 1.807) is 0 Å². The van der Waals surface area contributed by atoms with E-state index in [0.29, 0.717) is 4.47 Å². The Bertz CT molecular complexity index is 692. The number of hydrogen-bond acceptors (Lipinski definition) is 4. The Hall–Kier alpha value is -1.43. The summed E-state index contributed by atoms with van der Waals surface area (Å²) in [5.41, 5.74) is 0.193. The van der Waals surface area contributed by atoms with E-state index < -0.39 is 10.0 Å². The van der Waals surface area contributed by atoms with E-state index in [4.69, 9.17) is 10.4 Å². The summed E-state index contributed by atoms with van der Waals surface area (Å²) in [7, 11) is -3.87. The van der Waals surface area contributed by atoms with E-state index in [2.05, 4.69) is 15.9 Å². The monoisotopic (exact) mass is 357 g/mol. The number of carbonyl (C=O) groups excluding carboxylic acids is 1. The molecule has 1 aliphatic rings. The summed E-state index contributed by atoms with van der Waals surface area (Å²) < 4.78 is 23.2. The molecule has 1 aliphatic carbocycles. The van der Waals surface area contributed by atoms with Gasteiger partial charge in [0.25, 0.3) is 5.91 Å². The van der Waals surface area contributed by atoms with Gasteiger partial charge in [-0.25, -0.2) is 13.6 Å². The number of halogens is 1. The van der Waals surface area contributed by atoms with Gasteiger partial charge in [-0.2, -0.15) is 5.26 Å². The average molecular weight is 358 g/mol. The van der Waals surface area contributed by atoms with Gasteiger partial charge in [-0.15, -0.1) is 0 Å². The van der Waals surface area contributed by atoms with Crippen LogP contribution in [-0.4, -0.2) is 31.8 Å². The maximum atomic E-state index is 12.4. The van der Waals surface area contributed by atoms with Crippen molar-refractivity contribution in [2.24, 2.45) is 5.14 Å². The third-order valence-electron chi connectivity index (χ3n) is 2.99. The molecule has 0 aromatic heterocycles. The predicted octanol–water partition coefficient (Wildman–Crippen LogP) is 1.22. The molecule has 1 aromatic rings. The zero-order chi connectivity index (χ0) is 14.9. The highest BCUT2D eigenvalue weighted by molar-refractivity contribution is 9.10. The van der Waals surface area contributed by atoms with Crippen LogP contribution in [0.25, 0.3) is 0 Å². The van der Waals surface area contributed by atoms with Crippen molar-refractivity contribution < 1.29 is 13.2 Å². The van der Waals surface area contributed by atoms with Crippen LogP contribution in [-0.2, 0) is 10.0 Å². The van der Waals surface area contributed by atoms with Crippen LogP contribution < -0.4 is 5.14 Å². The van der Waals surface area contributed by atoms with Gasteiger partial charge in [-0.1, -0.05) is 0 Å². The number of nitrogens with zero attached hydrogens (tertiary/aromatic N) is 2. The number of benzene rings is 1. The number of rotatable bonds is 4. The number of nitrogens with two attached hydrogens (primary N) is 1. The fourth-order valence-corrected chi connectivity index (χ4v) is 2.79. The largest absolute Gasteiger partial charge is 0.322 e. The highest BCUT2D eigenvalue weighted by Gasteiger charge is 2.33. The Morgan fingerprint density at radius 2 is 2.15 bits per heavy atom. The Morgan fingerprint density at radius 3 is 2.65 bits per heavy atom. The summed E-state index contributed by atoms with van der Waals surface area (Å²) in [6, 6.07) is 6.03. The lowest BCUT2D eigenvalue weighted by molar-refractivity contribution is 0.0763. The van der Waals surface area contributed by atoms with Crippen LogP contribution in [0.4, 0.5) is 0 Å². The van der Waals surface area contributed by atoms with Crippen LogP contribution in [0.15, 0.2) is 27.6 Å². The molecule has 20 heavy (non-hydrogen) atoms. The summed E-state index contributed by atoms with van der Waals surface area (Å²) in [5, 5.41) is 13.9. The lowest BCUT2D eigenvalue weighted by Crippen LogP contribution is -2.33. The Kier molecular flexibility index (Phi) is 4.13. The Labute approximate surface area is 125 Å². The average Bonchev–Trinajstić information content (AvgIpc) is 3.18. The van der Waals surface area contributed by atoms with Crippen LogP contribution in [0.2, 0.25) is 0 Å². The molecule has 106 valence electrons. The summed E-state index contributed by atoms with van der Waals surface area (Å²) in [6.45, 7) is -0.0183. The first kappa shape index (κ1) is 15.0. The summed E-state index contributed by atoms with van der Waals surface area (Å²) >= 11 is 3.22. The second-order valence-electron chi connectivity index (χ2n) is 4.51. The maximum absolute atomic E-state index is 12.4. The van der Waals surface area contributed by atoms with Crippen molar-refractivity contribution in [3.05, 3.63) is 28.2 Å². The molecular weight excluding hydrogens is 346 g/mol. The van der Waals surface area contributed by atoms with Crippen molar-refractivity contribution in [1.29, 1.82) is 5.26 Å². The van der Waals surface area contributed by atoms with Gasteiger partial charge < -0.3 is 4.90 Å². The van der Waals surface area contributed by atoms with Crippen molar-refractivity contribution >= 4 is 31.9 Å². The first-order valence-corrected chi connectivity index (χ1v) is 8.19. The fourth-order valence-electron chi connectivity index (χ4n) is 1.83. The highest BCUT2D eigenvalue weighted by atomic mass is 79.9. The van der Waals surface area contributed by atoms with Crippen molar-refractivity contribution in [3.8, 4) is 6.07 Å². The number of sulfonamides is 1.